The highest BCUT2D eigenvalue weighted by Crippen LogP contribution is 2.13. The van der Waals surface area contributed by atoms with Crippen LogP contribution in [0.15, 0.2) is 30.3 Å². The number of ether oxygens (including phenoxy) is 1. The van der Waals surface area contributed by atoms with Gasteiger partial charge in [-0.25, -0.2) is 4.79 Å². The zero-order valence-corrected chi connectivity index (χ0v) is 14.9. The van der Waals surface area contributed by atoms with Crippen LogP contribution in [-0.2, 0) is 20.9 Å². The van der Waals surface area contributed by atoms with E-state index in [0.717, 1.165) is 24.9 Å². The average Bonchev–Trinajstić information content (AvgIpc) is 3.13. The van der Waals surface area contributed by atoms with Gasteiger partial charge in [-0.15, -0.1) is 0 Å². The van der Waals surface area contributed by atoms with Crippen molar-refractivity contribution in [1.82, 2.24) is 10.6 Å². The molecule has 1 aliphatic rings. The lowest BCUT2D eigenvalue weighted by Crippen LogP contribution is -2.52. The van der Waals surface area contributed by atoms with Crippen molar-refractivity contribution >= 4 is 11.9 Å². The number of benzene rings is 1. The molecule has 1 amide bonds. The number of nitrogens with one attached hydrogen (secondary N) is 2. The summed E-state index contributed by atoms with van der Waals surface area (Å²) in [6.07, 6.45) is 0.847. The van der Waals surface area contributed by atoms with E-state index in [4.69, 9.17) is 4.74 Å². The summed E-state index contributed by atoms with van der Waals surface area (Å²) in [4.78, 5) is 24.5. The molecule has 1 aromatic carbocycles. The Hall–Kier alpha value is -1.92. The highest BCUT2D eigenvalue weighted by atomic mass is 16.5. The second-order valence-electron chi connectivity index (χ2n) is 6.93. The fourth-order valence-electron chi connectivity index (χ4n) is 2.94. The predicted molar refractivity (Wildman–Crippen MR) is 94.7 cm³/mol. The van der Waals surface area contributed by atoms with Gasteiger partial charge < -0.3 is 20.5 Å². The van der Waals surface area contributed by atoms with Crippen molar-refractivity contribution in [1.29, 1.82) is 0 Å². The summed E-state index contributed by atoms with van der Waals surface area (Å²) < 4.78 is 5.20. The van der Waals surface area contributed by atoms with Crippen LogP contribution in [0.4, 0.5) is 0 Å². The number of rotatable bonds is 8. The smallest absolute Gasteiger partial charge is 0.337 e. The minimum atomic E-state index is -1.38. The molecule has 1 heterocycles. The molecule has 1 unspecified atom stereocenters. The lowest BCUT2D eigenvalue weighted by molar-refractivity contribution is -0.157. The molecule has 0 spiro atoms. The second-order valence-corrected chi connectivity index (χ2v) is 6.93. The van der Waals surface area contributed by atoms with E-state index in [-0.39, 0.29) is 24.5 Å². The van der Waals surface area contributed by atoms with Crippen LogP contribution in [0.1, 0.15) is 38.7 Å². The maximum absolute atomic E-state index is 12.3. The third-order valence-corrected chi connectivity index (χ3v) is 4.28. The Kier molecular flexibility index (Phi) is 7.40. The van der Waals surface area contributed by atoms with E-state index < -0.39 is 18.1 Å². The first-order valence-electron chi connectivity index (χ1n) is 8.89. The number of carbonyl (C=O) groups excluding carboxylic acids is 2. The van der Waals surface area contributed by atoms with E-state index >= 15 is 0 Å². The SMILES string of the molecule is CC(C)C[C@H](NC(=O)[C@@H]1CCCN1)C(O)C(=O)OCc1ccccc1. The van der Waals surface area contributed by atoms with Gasteiger partial charge in [0, 0.05) is 0 Å². The minimum absolute atomic E-state index is 0.100. The van der Waals surface area contributed by atoms with Gasteiger partial charge in [0.2, 0.25) is 5.91 Å². The van der Waals surface area contributed by atoms with E-state index in [9.17, 15) is 14.7 Å². The highest BCUT2D eigenvalue weighted by molar-refractivity contribution is 5.83. The first-order chi connectivity index (χ1) is 12.0. The fourth-order valence-corrected chi connectivity index (χ4v) is 2.94. The molecule has 6 heteroatoms. The Bertz CT molecular complexity index is 556. The molecule has 25 heavy (non-hydrogen) atoms. The molecular formula is C19H28N2O4. The summed E-state index contributed by atoms with van der Waals surface area (Å²) in [6, 6.07) is 8.38. The molecule has 0 aliphatic carbocycles. The summed E-state index contributed by atoms with van der Waals surface area (Å²) in [5, 5.41) is 16.3. The van der Waals surface area contributed by atoms with E-state index in [0.29, 0.717) is 6.42 Å². The number of hydrogen-bond donors (Lipinski definition) is 3. The van der Waals surface area contributed by atoms with Gasteiger partial charge in [-0.2, -0.15) is 0 Å². The zero-order chi connectivity index (χ0) is 18.2. The summed E-state index contributed by atoms with van der Waals surface area (Å²) in [5.74, 6) is -0.661. The van der Waals surface area contributed by atoms with Crippen molar-refractivity contribution in [2.75, 3.05) is 6.54 Å². The van der Waals surface area contributed by atoms with E-state index in [1.165, 1.54) is 0 Å². The van der Waals surface area contributed by atoms with E-state index in [2.05, 4.69) is 10.6 Å². The van der Waals surface area contributed by atoms with Gasteiger partial charge in [0.15, 0.2) is 6.10 Å². The van der Waals surface area contributed by atoms with Gasteiger partial charge in [-0.1, -0.05) is 44.2 Å². The normalized spacial score (nSPS) is 19.4. The van der Waals surface area contributed by atoms with Crippen molar-refractivity contribution in [3.8, 4) is 0 Å². The molecule has 1 aliphatic heterocycles. The fraction of sp³-hybridized carbons (Fsp3) is 0.579. The van der Waals surface area contributed by atoms with Crippen LogP contribution in [-0.4, -0.2) is 41.7 Å². The van der Waals surface area contributed by atoms with Crippen LogP contribution in [0, 0.1) is 5.92 Å². The Morgan fingerprint density at radius 3 is 2.64 bits per heavy atom. The first kappa shape index (κ1) is 19.4. The molecule has 138 valence electrons. The van der Waals surface area contributed by atoms with E-state index in [1.807, 2.05) is 44.2 Å². The molecule has 1 saturated heterocycles. The summed E-state index contributed by atoms with van der Waals surface area (Å²) in [6.45, 7) is 4.88. The number of aliphatic hydroxyl groups is 1. The van der Waals surface area contributed by atoms with Crippen molar-refractivity contribution in [3.05, 3.63) is 35.9 Å². The van der Waals surface area contributed by atoms with Gasteiger partial charge in [-0.05, 0) is 37.3 Å². The third-order valence-electron chi connectivity index (χ3n) is 4.28. The quantitative estimate of drug-likeness (QED) is 0.618. The number of esters is 1. The molecule has 0 saturated carbocycles. The van der Waals surface area contributed by atoms with Crippen LogP contribution >= 0.6 is 0 Å². The molecule has 1 fully saturated rings. The largest absolute Gasteiger partial charge is 0.459 e. The van der Waals surface area contributed by atoms with Crippen LogP contribution in [0.3, 0.4) is 0 Å². The Morgan fingerprint density at radius 2 is 2.04 bits per heavy atom. The number of hydrogen-bond acceptors (Lipinski definition) is 5. The topological polar surface area (TPSA) is 87.7 Å². The maximum Gasteiger partial charge on any atom is 0.337 e. The van der Waals surface area contributed by atoms with Crippen molar-refractivity contribution in [2.45, 2.75) is 57.9 Å². The minimum Gasteiger partial charge on any atom is -0.459 e. The van der Waals surface area contributed by atoms with Gasteiger partial charge in [0.05, 0.1) is 12.1 Å². The lowest BCUT2D eigenvalue weighted by atomic mass is 9.98. The summed E-state index contributed by atoms with van der Waals surface area (Å²) >= 11 is 0. The molecule has 0 bridgehead atoms. The lowest BCUT2D eigenvalue weighted by Gasteiger charge is -2.26. The standard InChI is InChI=1S/C19H28N2O4/c1-13(2)11-16(21-18(23)15-9-6-10-20-15)17(22)19(24)25-12-14-7-4-3-5-8-14/h3-5,7-8,13,15-17,20,22H,6,9-12H2,1-2H3,(H,21,23)/t15-,16-,17?/m0/s1. The molecular weight excluding hydrogens is 320 g/mol. The number of carbonyl (C=O) groups is 2. The Labute approximate surface area is 149 Å². The van der Waals surface area contributed by atoms with Gasteiger partial charge in [0.25, 0.3) is 0 Å². The molecule has 0 radical (unpaired) electrons. The Morgan fingerprint density at radius 1 is 1.32 bits per heavy atom. The molecule has 3 N–H and O–H groups in total. The molecule has 0 aromatic heterocycles. The average molecular weight is 348 g/mol. The summed E-state index contributed by atoms with van der Waals surface area (Å²) in [7, 11) is 0. The molecule has 2 rings (SSSR count). The van der Waals surface area contributed by atoms with Crippen LogP contribution < -0.4 is 10.6 Å². The zero-order valence-electron chi connectivity index (χ0n) is 14.9. The van der Waals surface area contributed by atoms with Crippen LogP contribution in [0.25, 0.3) is 0 Å². The Balaban J connectivity index is 1.92. The summed E-state index contributed by atoms with van der Waals surface area (Å²) in [5.41, 5.74) is 0.850. The monoisotopic (exact) mass is 348 g/mol. The van der Waals surface area contributed by atoms with Crippen molar-refractivity contribution in [2.24, 2.45) is 5.92 Å². The molecule has 6 nitrogen and oxygen atoms in total. The molecule has 1 aromatic rings. The van der Waals surface area contributed by atoms with Gasteiger partial charge in [-0.3, -0.25) is 4.79 Å². The highest BCUT2D eigenvalue weighted by Gasteiger charge is 2.32. The molecule has 3 atom stereocenters. The van der Waals surface area contributed by atoms with Gasteiger partial charge >= 0.3 is 5.97 Å². The van der Waals surface area contributed by atoms with Crippen LogP contribution in [0.5, 0.6) is 0 Å². The number of amides is 1. The second kappa shape index (κ2) is 9.53. The third kappa shape index (κ3) is 6.14. The van der Waals surface area contributed by atoms with Gasteiger partial charge in [0.1, 0.15) is 6.61 Å². The van der Waals surface area contributed by atoms with Crippen molar-refractivity contribution in [3.63, 3.8) is 0 Å². The van der Waals surface area contributed by atoms with Crippen molar-refractivity contribution < 1.29 is 19.4 Å². The van der Waals surface area contributed by atoms with E-state index in [1.54, 1.807) is 0 Å². The number of aliphatic hydroxyl groups excluding tert-OH is 1. The predicted octanol–water partition coefficient (Wildman–Crippen LogP) is 1.37. The first-order valence-corrected chi connectivity index (χ1v) is 8.89. The van der Waals surface area contributed by atoms with Crippen LogP contribution in [0.2, 0.25) is 0 Å². The maximum atomic E-state index is 12.3.